The van der Waals surface area contributed by atoms with Crippen LogP contribution in [0.2, 0.25) is 0 Å². The minimum absolute atomic E-state index is 0.110. The maximum Gasteiger partial charge on any atom is 0.251 e. The number of hydrogen-bond donors (Lipinski definition) is 1. The van der Waals surface area contributed by atoms with Crippen molar-refractivity contribution in [3.63, 3.8) is 0 Å². The summed E-state index contributed by atoms with van der Waals surface area (Å²) in [5.41, 5.74) is 1.44. The predicted molar refractivity (Wildman–Crippen MR) is 133 cm³/mol. The average Bonchev–Trinajstić information content (AvgIpc) is 3.57. The maximum atomic E-state index is 13.6. The molecule has 9 nitrogen and oxygen atoms in total. The molecule has 1 unspecified atom stereocenters. The van der Waals surface area contributed by atoms with Crippen molar-refractivity contribution in [2.75, 3.05) is 12.0 Å². The van der Waals surface area contributed by atoms with Gasteiger partial charge in [0.1, 0.15) is 18.3 Å². The van der Waals surface area contributed by atoms with E-state index in [1.165, 1.54) is 4.80 Å². The number of nitrogens with zero attached hydrogens (tertiary/aromatic N) is 5. The van der Waals surface area contributed by atoms with Crippen LogP contribution in [0.25, 0.3) is 11.4 Å². The van der Waals surface area contributed by atoms with Crippen molar-refractivity contribution in [1.82, 2.24) is 25.5 Å². The molecule has 3 aromatic rings. The fourth-order valence-electron chi connectivity index (χ4n) is 4.47. The molecule has 0 bridgehead atoms. The van der Waals surface area contributed by atoms with Gasteiger partial charge in [0.15, 0.2) is 0 Å². The summed E-state index contributed by atoms with van der Waals surface area (Å²) in [7, 11) is 1.60. The zero-order valence-corrected chi connectivity index (χ0v) is 20.3. The number of para-hydroxylation sites is 1. The molecule has 0 aliphatic heterocycles. The van der Waals surface area contributed by atoms with E-state index in [2.05, 4.69) is 20.7 Å². The van der Waals surface area contributed by atoms with E-state index < -0.39 is 6.04 Å². The number of nitrogens with one attached hydrogen (secondary N) is 1. The van der Waals surface area contributed by atoms with Gasteiger partial charge in [-0.15, -0.1) is 10.2 Å². The fraction of sp³-hybridized carbons (Fsp3) is 0.423. The lowest BCUT2D eigenvalue weighted by Crippen LogP contribution is -2.52. The molecule has 0 radical (unpaired) electrons. The molecule has 2 aromatic carbocycles. The van der Waals surface area contributed by atoms with Crippen molar-refractivity contribution < 1.29 is 14.3 Å². The molecule has 2 amide bonds. The Morgan fingerprint density at radius 2 is 1.83 bits per heavy atom. The number of amides is 2. The number of carbonyl (C=O) groups excluding carboxylic acids is 2. The van der Waals surface area contributed by atoms with E-state index >= 15 is 0 Å². The quantitative estimate of drug-likeness (QED) is 0.480. The van der Waals surface area contributed by atoms with Gasteiger partial charge < -0.3 is 10.1 Å². The van der Waals surface area contributed by atoms with E-state index in [9.17, 15) is 9.59 Å². The highest BCUT2D eigenvalue weighted by molar-refractivity contribution is 6.00. The molecule has 1 fully saturated rings. The second-order valence-corrected chi connectivity index (χ2v) is 8.77. The largest absolute Gasteiger partial charge is 0.497 e. The lowest BCUT2D eigenvalue weighted by Gasteiger charge is -2.31. The number of benzene rings is 2. The molecule has 1 atom stereocenters. The highest BCUT2D eigenvalue weighted by Crippen LogP contribution is 2.23. The highest BCUT2D eigenvalue weighted by Gasteiger charge is 2.32. The van der Waals surface area contributed by atoms with Crippen molar-refractivity contribution in [3.8, 4) is 17.1 Å². The summed E-state index contributed by atoms with van der Waals surface area (Å²) in [5, 5.41) is 15.7. The Balaban J connectivity index is 1.55. The smallest absolute Gasteiger partial charge is 0.251 e. The van der Waals surface area contributed by atoms with Crippen LogP contribution in [-0.2, 0) is 16.1 Å². The molecule has 0 spiro atoms. The Labute approximate surface area is 205 Å². The van der Waals surface area contributed by atoms with Crippen LogP contribution < -0.4 is 15.0 Å². The van der Waals surface area contributed by atoms with Gasteiger partial charge in [0.2, 0.25) is 11.7 Å². The summed E-state index contributed by atoms with van der Waals surface area (Å²) in [6.45, 7) is 1.89. The third-order valence-electron chi connectivity index (χ3n) is 6.26. The standard InChI is InChI=1S/C26H32N6O3/c1-3-9-23(26(34)27-20-10-7-8-11-20)32(21-12-5-4-6-13-21)24(33)18-31-29-25(28-30-31)19-14-16-22(35-2)17-15-19/h4-6,12-17,20,23H,3,7-11,18H2,1-2H3,(H,27,34). The number of carbonyl (C=O) groups is 2. The molecule has 35 heavy (non-hydrogen) atoms. The van der Waals surface area contributed by atoms with Crippen molar-refractivity contribution in [2.24, 2.45) is 0 Å². The molecule has 1 aromatic heterocycles. The molecule has 1 saturated carbocycles. The lowest BCUT2D eigenvalue weighted by atomic mass is 10.1. The SMILES string of the molecule is CCCC(C(=O)NC1CCCC1)N(C(=O)Cn1nnc(-c2ccc(OC)cc2)n1)c1ccccc1. The van der Waals surface area contributed by atoms with Crippen LogP contribution >= 0.6 is 0 Å². The number of anilines is 1. The van der Waals surface area contributed by atoms with Gasteiger partial charge >= 0.3 is 0 Å². The van der Waals surface area contributed by atoms with E-state index in [1.807, 2.05) is 61.5 Å². The summed E-state index contributed by atoms with van der Waals surface area (Å²) in [6, 6.07) is 16.2. The molecule has 1 aliphatic rings. The Kier molecular flexibility index (Phi) is 8.07. The Morgan fingerprint density at radius 3 is 2.49 bits per heavy atom. The molecule has 9 heteroatoms. The lowest BCUT2D eigenvalue weighted by molar-refractivity contribution is -0.127. The first-order chi connectivity index (χ1) is 17.1. The van der Waals surface area contributed by atoms with E-state index in [4.69, 9.17) is 4.74 Å². The zero-order chi connectivity index (χ0) is 24.6. The van der Waals surface area contributed by atoms with Gasteiger partial charge in [0, 0.05) is 17.3 Å². The van der Waals surface area contributed by atoms with Gasteiger partial charge in [-0.05, 0) is 60.9 Å². The summed E-state index contributed by atoms with van der Waals surface area (Å²) >= 11 is 0. The molecule has 1 aliphatic carbocycles. The van der Waals surface area contributed by atoms with Crippen LogP contribution in [-0.4, -0.2) is 51.2 Å². The average molecular weight is 477 g/mol. The van der Waals surface area contributed by atoms with Gasteiger partial charge in [-0.25, -0.2) is 0 Å². The minimum Gasteiger partial charge on any atom is -0.497 e. The molecule has 4 rings (SSSR count). The molecular formula is C26H32N6O3. The Hall–Kier alpha value is -3.75. The first kappa shape index (κ1) is 24.4. The van der Waals surface area contributed by atoms with Crippen molar-refractivity contribution in [2.45, 2.75) is 64.1 Å². The second kappa shape index (κ2) is 11.6. The topological polar surface area (TPSA) is 102 Å². The summed E-state index contributed by atoms with van der Waals surface area (Å²) in [4.78, 5) is 29.8. The van der Waals surface area contributed by atoms with Gasteiger partial charge in [0.25, 0.3) is 5.91 Å². The van der Waals surface area contributed by atoms with Crippen molar-refractivity contribution in [1.29, 1.82) is 0 Å². The normalized spacial score (nSPS) is 14.5. The number of hydrogen-bond acceptors (Lipinski definition) is 6. The summed E-state index contributed by atoms with van der Waals surface area (Å²) in [5.74, 6) is 0.764. The predicted octanol–water partition coefficient (Wildman–Crippen LogP) is 3.61. The second-order valence-electron chi connectivity index (χ2n) is 8.77. The van der Waals surface area contributed by atoms with E-state index in [0.29, 0.717) is 17.9 Å². The zero-order valence-electron chi connectivity index (χ0n) is 20.3. The monoisotopic (exact) mass is 476 g/mol. The summed E-state index contributed by atoms with van der Waals surface area (Å²) in [6.07, 6.45) is 5.55. The fourth-order valence-corrected chi connectivity index (χ4v) is 4.47. The first-order valence-corrected chi connectivity index (χ1v) is 12.2. The van der Waals surface area contributed by atoms with Crippen LogP contribution in [0.4, 0.5) is 5.69 Å². The third-order valence-corrected chi connectivity index (χ3v) is 6.26. The number of rotatable bonds is 10. The minimum atomic E-state index is -0.611. The Morgan fingerprint density at radius 1 is 1.11 bits per heavy atom. The number of ether oxygens (including phenoxy) is 1. The van der Waals surface area contributed by atoms with Crippen molar-refractivity contribution in [3.05, 3.63) is 54.6 Å². The van der Waals surface area contributed by atoms with Gasteiger partial charge in [-0.3, -0.25) is 14.5 Å². The number of tetrazole rings is 1. The van der Waals surface area contributed by atoms with E-state index in [1.54, 1.807) is 12.0 Å². The highest BCUT2D eigenvalue weighted by atomic mass is 16.5. The first-order valence-electron chi connectivity index (χ1n) is 12.2. The molecule has 184 valence electrons. The van der Waals surface area contributed by atoms with Crippen molar-refractivity contribution >= 4 is 17.5 Å². The van der Waals surface area contributed by atoms with Gasteiger partial charge in [-0.1, -0.05) is 44.4 Å². The van der Waals surface area contributed by atoms with Gasteiger partial charge in [-0.2, -0.15) is 4.80 Å². The maximum absolute atomic E-state index is 13.6. The van der Waals surface area contributed by atoms with E-state index in [0.717, 1.165) is 43.4 Å². The van der Waals surface area contributed by atoms with Crippen LogP contribution in [0, 0.1) is 0 Å². The molecule has 1 N–H and O–H groups in total. The summed E-state index contributed by atoms with van der Waals surface area (Å²) < 4.78 is 5.19. The van der Waals surface area contributed by atoms with Crippen LogP contribution in [0.5, 0.6) is 5.75 Å². The number of aromatic nitrogens is 4. The molecular weight excluding hydrogens is 444 g/mol. The van der Waals surface area contributed by atoms with Crippen LogP contribution in [0.1, 0.15) is 45.4 Å². The Bertz CT molecular complexity index is 1110. The van der Waals surface area contributed by atoms with E-state index in [-0.39, 0.29) is 24.4 Å². The third kappa shape index (κ3) is 6.03. The molecule has 1 heterocycles. The van der Waals surface area contributed by atoms with Crippen LogP contribution in [0.15, 0.2) is 54.6 Å². The van der Waals surface area contributed by atoms with Crippen LogP contribution in [0.3, 0.4) is 0 Å². The number of methoxy groups -OCH3 is 1. The molecule has 0 saturated heterocycles. The van der Waals surface area contributed by atoms with Gasteiger partial charge in [0.05, 0.1) is 7.11 Å².